The third kappa shape index (κ3) is 3.71. The van der Waals surface area contributed by atoms with Crippen LogP contribution >= 0.6 is 0 Å². The van der Waals surface area contributed by atoms with Gasteiger partial charge in [-0.3, -0.25) is 19.8 Å². The minimum Gasteiger partial charge on any atom is -0.490 e. The molecule has 1 amide bonds. The van der Waals surface area contributed by atoms with Crippen LogP contribution in [0, 0.1) is 10.1 Å². The first-order valence-corrected chi connectivity index (χ1v) is 10.0. The van der Waals surface area contributed by atoms with Crippen LogP contribution in [0.5, 0.6) is 5.75 Å². The first-order chi connectivity index (χ1) is 15.9. The molecule has 3 aromatic rings. The lowest BCUT2D eigenvalue weighted by Gasteiger charge is -2.20. The van der Waals surface area contributed by atoms with Gasteiger partial charge in [-0.05, 0) is 36.1 Å². The van der Waals surface area contributed by atoms with Crippen molar-refractivity contribution in [1.82, 2.24) is 0 Å². The molecule has 33 heavy (non-hydrogen) atoms. The molecule has 1 heterocycles. The van der Waals surface area contributed by atoms with Crippen LogP contribution in [0.2, 0.25) is 0 Å². The van der Waals surface area contributed by atoms with Crippen LogP contribution in [-0.2, 0) is 14.3 Å². The Balaban J connectivity index is 1.90. The molecule has 166 valence electrons. The molecule has 8 nitrogen and oxygen atoms in total. The highest BCUT2D eigenvalue weighted by Crippen LogP contribution is 2.39. The quantitative estimate of drug-likeness (QED) is 0.246. The number of benzene rings is 3. The number of hydrogen-bond donors (Lipinski definition) is 0. The Hall–Kier alpha value is -4.46. The number of hydrogen-bond acceptors (Lipinski definition) is 6. The normalized spacial score (nSPS) is 14.8. The minimum atomic E-state index is -0.669. The molecule has 0 saturated heterocycles. The number of allylic oxidation sites excluding steroid dienone is 1. The predicted octanol–water partition coefficient (Wildman–Crippen LogP) is 4.63. The topological polar surface area (TPSA) is 99.0 Å². The Kier molecular flexibility index (Phi) is 5.66. The van der Waals surface area contributed by atoms with Crippen LogP contribution < -0.4 is 9.64 Å². The zero-order chi connectivity index (χ0) is 23.7. The Morgan fingerprint density at radius 1 is 1.06 bits per heavy atom. The number of nitro benzene ring substituents is 1. The number of carbonyl (C=O) groups excluding carboxylic acids is 2. The molecule has 0 unspecified atom stereocenters. The van der Waals surface area contributed by atoms with E-state index in [0.717, 1.165) is 10.8 Å². The molecule has 0 radical (unpaired) electrons. The molecule has 0 aliphatic carbocycles. The number of amides is 1. The van der Waals surface area contributed by atoms with Gasteiger partial charge in [0, 0.05) is 17.1 Å². The molecule has 1 aliphatic rings. The number of methoxy groups -OCH3 is 2. The lowest BCUT2D eigenvalue weighted by Crippen LogP contribution is -2.24. The van der Waals surface area contributed by atoms with Crippen molar-refractivity contribution in [2.75, 3.05) is 19.1 Å². The Bertz CT molecular complexity index is 1370. The zero-order valence-electron chi connectivity index (χ0n) is 18.2. The van der Waals surface area contributed by atoms with Crippen LogP contribution in [-0.4, -0.2) is 31.0 Å². The Morgan fingerprint density at radius 3 is 2.48 bits per heavy atom. The molecule has 0 spiro atoms. The number of rotatable bonds is 5. The number of ether oxygens (including phenoxy) is 2. The van der Waals surface area contributed by atoms with Crippen LogP contribution in [0.4, 0.5) is 11.4 Å². The average Bonchev–Trinajstić information content (AvgIpc) is 3.07. The molecular weight excluding hydrogens is 424 g/mol. The zero-order valence-corrected chi connectivity index (χ0v) is 18.2. The van der Waals surface area contributed by atoms with Crippen LogP contribution in [0.25, 0.3) is 16.8 Å². The fourth-order valence-electron chi connectivity index (χ4n) is 3.98. The van der Waals surface area contributed by atoms with E-state index in [0.29, 0.717) is 16.9 Å². The van der Waals surface area contributed by atoms with Crippen LogP contribution in [0.3, 0.4) is 0 Å². The second kappa shape index (κ2) is 8.58. The third-order valence-electron chi connectivity index (χ3n) is 5.51. The van der Waals surface area contributed by atoms with E-state index in [1.54, 1.807) is 19.1 Å². The van der Waals surface area contributed by atoms with E-state index in [1.807, 2.05) is 36.4 Å². The van der Waals surface area contributed by atoms with Gasteiger partial charge in [0.1, 0.15) is 0 Å². The van der Waals surface area contributed by atoms with Crippen molar-refractivity contribution in [3.63, 3.8) is 0 Å². The SMILES string of the molecule is COC(=O)C1=C(C)N(c2cccc3ccccc23)C(=O)/C1=C\c1ccc(OC)c([N+](=O)[O-])c1. The average molecular weight is 444 g/mol. The lowest BCUT2D eigenvalue weighted by atomic mass is 10.0. The second-order valence-corrected chi connectivity index (χ2v) is 7.34. The summed E-state index contributed by atoms with van der Waals surface area (Å²) in [5, 5.41) is 13.2. The maximum Gasteiger partial charge on any atom is 0.340 e. The van der Waals surface area contributed by atoms with Gasteiger partial charge in [-0.25, -0.2) is 4.79 Å². The molecule has 0 fully saturated rings. The number of carbonyl (C=O) groups is 2. The Labute approximate surface area is 189 Å². The van der Waals surface area contributed by atoms with E-state index < -0.39 is 16.8 Å². The number of fused-ring (bicyclic) bond motifs is 1. The van der Waals surface area contributed by atoms with Crippen molar-refractivity contribution in [3.8, 4) is 5.75 Å². The highest BCUT2D eigenvalue weighted by atomic mass is 16.6. The van der Waals surface area contributed by atoms with E-state index in [4.69, 9.17) is 9.47 Å². The number of nitro groups is 1. The first kappa shape index (κ1) is 21.8. The second-order valence-electron chi connectivity index (χ2n) is 7.34. The number of anilines is 1. The van der Waals surface area contributed by atoms with Gasteiger partial charge in [-0.2, -0.15) is 0 Å². The molecule has 0 saturated carbocycles. The Morgan fingerprint density at radius 2 is 1.79 bits per heavy atom. The first-order valence-electron chi connectivity index (χ1n) is 10.0. The standard InChI is InChI=1S/C25H20N2O6/c1-15-23(25(29)33-3)19(13-16-11-12-22(32-2)21(14-16)27(30)31)24(28)26(15)20-10-6-8-17-7-4-5-9-18(17)20/h4-14H,1-3H3/b19-13-. The molecule has 0 aromatic heterocycles. The van der Waals surface area contributed by atoms with Gasteiger partial charge >= 0.3 is 11.7 Å². The molecule has 0 atom stereocenters. The highest BCUT2D eigenvalue weighted by Gasteiger charge is 2.38. The molecular formula is C25H20N2O6. The van der Waals surface area contributed by atoms with Gasteiger partial charge in [0.2, 0.25) is 0 Å². The van der Waals surface area contributed by atoms with E-state index in [-0.39, 0.29) is 22.6 Å². The summed E-state index contributed by atoms with van der Waals surface area (Å²) in [6.07, 6.45) is 1.45. The highest BCUT2D eigenvalue weighted by molar-refractivity contribution is 6.25. The molecule has 8 heteroatoms. The number of nitrogens with zero attached hydrogens (tertiary/aromatic N) is 2. The van der Waals surface area contributed by atoms with Gasteiger partial charge in [0.25, 0.3) is 5.91 Å². The maximum atomic E-state index is 13.6. The smallest absolute Gasteiger partial charge is 0.340 e. The van der Waals surface area contributed by atoms with E-state index >= 15 is 0 Å². The summed E-state index contributed by atoms with van der Waals surface area (Å²) in [6, 6.07) is 17.5. The van der Waals surface area contributed by atoms with Gasteiger partial charge in [0.05, 0.1) is 36.0 Å². The number of esters is 1. The van der Waals surface area contributed by atoms with E-state index in [1.165, 1.54) is 37.3 Å². The van der Waals surface area contributed by atoms with Gasteiger partial charge < -0.3 is 9.47 Å². The van der Waals surface area contributed by atoms with Gasteiger partial charge in [0.15, 0.2) is 5.75 Å². The third-order valence-corrected chi connectivity index (χ3v) is 5.51. The van der Waals surface area contributed by atoms with Crippen molar-refractivity contribution in [1.29, 1.82) is 0 Å². The summed E-state index contributed by atoms with van der Waals surface area (Å²) in [6.45, 7) is 1.67. The van der Waals surface area contributed by atoms with Crippen molar-refractivity contribution in [2.24, 2.45) is 0 Å². The molecule has 3 aromatic carbocycles. The van der Waals surface area contributed by atoms with Crippen molar-refractivity contribution < 1.29 is 24.0 Å². The molecule has 0 bridgehead atoms. The summed E-state index contributed by atoms with van der Waals surface area (Å²) in [5.74, 6) is -1.00. The fourth-order valence-corrected chi connectivity index (χ4v) is 3.98. The van der Waals surface area contributed by atoms with Gasteiger partial charge in [-0.15, -0.1) is 0 Å². The summed E-state index contributed by atoms with van der Waals surface area (Å²) < 4.78 is 9.99. The predicted molar refractivity (Wildman–Crippen MR) is 124 cm³/mol. The monoisotopic (exact) mass is 444 g/mol. The summed E-state index contributed by atoms with van der Waals surface area (Å²) in [4.78, 5) is 38.6. The fraction of sp³-hybridized carbons (Fsp3) is 0.120. The van der Waals surface area contributed by atoms with Gasteiger partial charge in [-0.1, -0.05) is 42.5 Å². The molecule has 1 aliphatic heterocycles. The van der Waals surface area contributed by atoms with Crippen LogP contribution in [0.15, 0.2) is 77.5 Å². The molecule has 0 N–H and O–H groups in total. The lowest BCUT2D eigenvalue weighted by molar-refractivity contribution is -0.385. The molecule has 4 rings (SSSR count). The van der Waals surface area contributed by atoms with Crippen molar-refractivity contribution in [2.45, 2.75) is 6.92 Å². The summed E-state index contributed by atoms with van der Waals surface area (Å²) in [7, 11) is 2.58. The maximum absolute atomic E-state index is 13.6. The van der Waals surface area contributed by atoms with Crippen molar-refractivity contribution in [3.05, 3.63) is 93.2 Å². The summed E-state index contributed by atoms with van der Waals surface area (Å²) >= 11 is 0. The summed E-state index contributed by atoms with van der Waals surface area (Å²) in [5.41, 5.74) is 1.36. The van der Waals surface area contributed by atoms with E-state index in [2.05, 4.69) is 0 Å². The van der Waals surface area contributed by atoms with Crippen LogP contribution in [0.1, 0.15) is 12.5 Å². The van der Waals surface area contributed by atoms with E-state index in [9.17, 15) is 19.7 Å². The van der Waals surface area contributed by atoms with Crippen molar-refractivity contribution >= 4 is 40.1 Å². The largest absolute Gasteiger partial charge is 0.490 e. The minimum absolute atomic E-state index is 0.0896.